The van der Waals surface area contributed by atoms with E-state index in [0.29, 0.717) is 21.6 Å². The van der Waals surface area contributed by atoms with Crippen LogP contribution in [0.1, 0.15) is 16.1 Å². The van der Waals surface area contributed by atoms with Crippen molar-refractivity contribution in [2.45, 2.75) is 6.92 Å². The first-order valence-electron chi connectivity index (χ1n) is 7.43. The Labute approximate surface area is 155 Å². The largest absolute Gasteiger partial charge is 0.339 e. The minimum Gasteiger partial charge on any atom is -0.339 e. The minimum absolute atomic E-state index is 0.186. The predicted molar refractivity (Wildman–Crippen MR) is 101 cm³/mol. The third-order valence-corrected chi connectivity index (χ3v) is 3.77. The molecule has 0 radical (unpaired) electrons. The molecule has 25 heavy (non-hydrogen) atoms. The zero-order valence-corrected chi connectivity index (χ0v) is 14.8. The monoisotopic (exact) mass is 372 g/mol. The molecule has 0 saturated carbocycles. The Morgan fingerprint density at radius 2 is 1.60 bits per heavy atom. The maximum atomic E-state index is 12.2. The highest BCUT2D eigenvalue weighted by atomic mass is 35.5. The molecule has 0 aliphatic rings. The summed E-state index contributed by atoms with van der Waals surface area (Å²) < 4.78 is 0. The molecule has 2 aromatic carbocycles. The lowest BCUT2D eigenvalue weighted by Crippen LogP contribution is -2.14. The van der Waals surface area contributed by atoms with Gasteiger partial charge in [-0.15, -0.1) is 0 Å². The molecule has 2 N–H and O–H groups in total. The van der Waals surface area contributed by atoms with E-state index in [0.717, 1.165) is 5.69 Å². The van der Waals surface area contributed by atoms with Crippen molar-refractivity contribution in [3.05, 3.63) is 76.2 Å². The highest BCUT2D eigenvalue weighted by Crippen LogP contribution is 2.23. The van der Waals surface area contributed by atoms with Crippen LogP contribution in [0, 0.1) is 6.92 Å². The molecule has 0 atom stereocenters. The SMILES string of the molecule is Cc1ccc(Nc2cnc(C(=O)Nc3cc(Cl)cc(Cl)c3)cn2)cc1. The topological polar surface area (TPSA) is 66.9 Å². The predicted octanol–water partition coefficient (Wildman–Crippen LogP) is 5.09. The maximum absolute atomic E-state index is 12.2. The summed E-state index contributed by atoms with van der Waals surface area (Å²) in [7, 11) is 0. The van der Waals surface area contributed by atoms with Gasteiger partial charge in [0, 0.05) is 21.4 Å². The van der Waals surface area contributed by atoms with E-state index in [1.54, 1.807) is 18.2 Å². The lowest BCUT2D eigenvalue weighted by molar-refractivity contribution is 0.102. The molecule has 0 bridgehead atoms. The normalized spacial score (nSPS) is 10.4. The van der Waals surface area contributed by atoms with Gasteiger partial charge in [-0.25, -0.2) is 9.97 Å². The van der Waals surface area contributed by atoms with Gasteiger partial charge in [0.1, 0.15) is 11.5 Å². The van der Waals surface area contributed by atoms with Crippen molar-refractivity contribution in [2.75, 3.05) is 10.6 Å². The van der Waals surface area contributed by atoms with Crippen molar-refractivity contribution in [3.8, 4) is 0 Å². The van der Waals surface area contributed by atoms with Crippen LogP contribution in [0.2, 0.25) is 10.0 Å². The molecule has 0 spiro atoms. The summed E-state index contributed by atoms with van der Waals surface area (Å²) in [6.45, 7) is 2.02. The number of rotatable bonds is 4. The third-order valence-electron chi connectivity index (χ3n) is 3.33. The average Bonchev–Trinajstić information content (AvgIpc) is 2.56. The van der Waals surface area contributed by atoms with Crippen molar-refractivity contribution in [2.24, 2.45) is 0 Å². The third kappa shape index (κ3) is 4.68. The van der Waals surface area contributed by atoms with Gasteiger partial charge in [0.25, 0.3) is 5.91 Å². The summed E-state index contributed by atoms with van der Waals surface area (Å²) in [5.41, 5.74) is 2.74. The van der Waals surface area contributed by atoms with Gasteiger partial charge in [-0.3, -0.25) is 4.79 Å². The van der Waals surface area contributed by atoms with E-state index in [2.05, 4.69) is 20.6 Å². The van der Waals surface area contributed by atoms with E-state index in [4.69, 9.17) is 23.2 Å². The number of anilines is 3. The van der Waals surface area contributed by atoms with E-state index < -0.39 is 5.91 Å². The first kappa shape index (κ1) is 17.2. The number of nitrogens with one attached hydrogen (secondary N) is 2. The lowest BCUT2D eigenvalue weighted by atomic mass is 10.2. The van der Waals surface area contributed by atoms with Gasteiger partial charge in [0.05, 0.1) is 12.4 Å². The number of aromatic nitrogens is 2. The van der Waals surface area contributed by atoms with E-state index in [-0.39, 0.29) is 5.69 Å². The fourth-order valence-corrected chi connectivity index (χ4v) is 2.64. The minimum atomic E-state index is -0.396. The second kappa shape index (κ2) is 7.51. The number of benzene rings is 2. The molecule has 3 rings (SSSR count). The van der Waals surface area contributed by atoms with Crippen LogP contribution in [-0.2, 0) is 0 Å². The molecule has 1 amide bonds. The summed E-state index contributed by atoms with van der Waals surface area (Å²) >= 11 is 11.8. The Bertz CT molecular complexity index is 876. The van der Waals surface area contributed by atoms with Crippen molar-refractivity contribution in [3.63, 3.8) is 0 Å². The molecule has 126 valence electrons. The van der Waals surface area contributed by atoms with Gasteiger partial charge in [-0.1, -0.05) is 40.9 Å². The van der Waals surface area contributed by atoms with Gasteiger partial charge in [0.2, 0.25) is 0 Å². The van der Waals surface area contributed by atoms with E-state index in [1.165, 1.54) is 18.0 Å². The molecule has 0 fully saturated rings. The molecular formula is C18H14Cl2N4O. The summed E-state index contributed by atoms with van der Waals surface area (Å²) in [5, 5.41) is 6.68. The average molecular weight is 373 g/mol. The van der Waals surface area contributed by atoms with Crippen LogP contribution < -0.4 is 10.6 Å². The number of carbonyl (C=O) groups is 1. The second-order valence-electron chi connectivity index (χ2n) is 5.39. The number of hydrogen-bond donors (Lipinski definition) is 2. The molecule has 0 saturated heterocycles. The van der Waals surface area contributed by atoms with E-state index in [9.17, 15) is 4.79 Å². The van der Waals surface area contributed by atoms with Gasteiger partial charge >= 0.3 is 0 Å². The Hall–Kier alpha value is -2.63. The quantitative estimate of drug-likeness (QED) is 0.669. The number of aryl methyl sites for hydroxylation is 1. The van der Waals surface area contributed by atoms with Crippen LogP contribution >= 0.6 is 23.2 Å². The van der Waals surface area contributed by atoms with Crippen molar-refractivity contribution >= 4 is 46.3 Å². The number of halogens is 2. The highest BCUT2D eigenvalue weighted by molar-refractivity contribution is 6.35. The molecule has 7 heteroatoms. The van der Waals surface area contributed by atoms with Crippen LogP contribution in [0.15, 0.2) is 54.9 Å². The Kier molecular flexibility index (Phi) is 5.16. The van der Waals surface area contributed by atoms with Crippen molar-refractivity contribution in [1.29, 1.82) is 0 Å². The standard InChI is InChI=1S/C18H14Cl2N4O/c1-11-2-4-14(5-3-11)23-17-10-21-16(9-22-17)18(25)24-15-7-12(19)6-13(20)8-15/h2-10H,1H3,(H,22,23)(H,24,25). The van der Waals surface area contributed by atoms with Gasteiger partial charge < -0.3 is 10.6 Å². The first-order chi connectivity index (χ1) is 12.0. The summed E-state index contributed by atoms with van der Waals surface area (Å²) in [6.07, 6.45) is 2.90. The molecule has 1 aromatic heterocycles. The number of carbonyl (C=O) groups excluding carboxylic acids is 1. The molecular weight excluding hydrogens is 359 g/mol. The Balaban J connectivity index is 1.68. The van der Waals surface area contributed by atoms with Gasteiger partial charge in [-0.05, 0) is 37.3 Å². The lowest BCUT2D eigenvalue weighted by Gasteiger charge is -2.08. The summed E-state index contributed by atoms with van der Waals surface area (Å²) in [4.78, 5) is 20.6. The van der Waals surface area contributed by atoms with Crippen molar-refractivity contribution in [1.82, 2.24) is 9.97 Å². The van der Waals surface area contributed by atoms with Crippen LogP contribution in [-0.4, -0.2) is 15.9 Å². The zero-order valence-electron chi connectivity index (χ0n) is 13.3. The fourth-order valence-electron chi connectivity index (χ4n) is 2.12. The Morgan fingerprint density at radius 1 is 0.920 bits per heavy atom. The van der Waals surface area contributed by atoms with Crippen LogP contribution in [0.5, 0.6) is 0 Å². The smallest absolute Gasteiger partial charge is 0.275 e. The van der Waals surface area contributed by atoms with Gasteiger partial charge in [-0.2, -0.15) is 0 Å². The number of amides is 1. The molecule has 0 unspecified atom stereocenters. The molecule has 3 aromatic rings. The van der Waals surface area contributed by atoms with E-state index in [1.807, 2.05) is 31.2 Å². The van der Waals surface area contributed by atoms with Crippen LogP contribution in [0.3, 0.4) is 0 Å². The fraction of sp³-hybridized carbons (Fsp3) is 0.0556. The first-order valence-corrected chi connectivity index (χ1v) is 8.18. The summed E-state index contributed by atoms with van der Waals surface area (Å²) in [5.74, 6) is 0.152. The number of nitrogens with zero attached hydrogens (tertiary/aromatic N) is 2. The molecule has 0 aliphatic carbocycles. The molecule has 5 nitrogen and oxygen atoms in total. The second-order valence-corrected chi connectivity index (χ2v) is 6.26. The highest BCUT2D eigenvalue weighted by Gasteiger charge is 2.09. The van der Waals surface area contributed by atoms with Crippen LogP contribution in [0.25, 0.3) is 0 Å². The maximum Gasteiger partial charge on any atom is 0.275 e. The van der Waals surface area contributed by atoms with Crippen LogP contribution in [0.4, 0.5) is 17.2 Å². The zero-order chi connectivity index (χ0) is 17.8. The number of hydrogen-bond acceptors (Lipinski definition) is 4. The van der Waals surface area contributed by atoms with Gasteiger partial charge in [0.15, 0.2) is 0 Å². The summed E-state index contributed by atoms with van der Waals surface area (Å²) in [6, 6.07) is 12.7. The molecule has 0 aliphatic heterocycles. The molecule has 1 heterocycles. The van der Waals surface area contributed by atoms with E-state index >= 15 is 0 Å². The Morgan fingerprint density at radius 3 is 2.20 bits per heavy atom. The van der Waals surface area contributed by atoms with Crippen molar-refractivity contribution < 1.29 is 4.79 Å².